The molecule has 0 unspecified atom stereocenters. The number of amides is 1. The van der Waals surface area contributed by atoms with Gasteiger partial charge in [-0.1, -0.05) is 0 Å². The zero-order valence-corrected chi connectivity index (χ0v) is 13.7. The van der Waals surface area contributed by atoms with Crippen molar-refractivity contribution < 1.29 is 24.2 Å². The molecular formula is C16H21NO5S. The van der Waals surface area contributed by atoms with Crippen molar-refractivity contribution in [1.29, 1.82) is 0 Å². The van der Waals surface area contributed by atoms with E-state index in [1.54, 1.807) is 11.3 Å². The average molecular weight is 339 g/mol. The number of carboxylic acids is 1. The molecule has 126 valence electrons. The van der Waals surface area contributed by atoms with Crippen molar-refractivity contribution in [3.8, 4) is 0 Å². The van der Waals surface area contributed by atoms with Gasteiger partial charge in [-0.05, 0) is 43.7 Å². The van der Waals surface area contributed by atoms with Crippen molar-refractivity contribution in [3.05, 3.63) is 21.4 Å². The Hall–Kier alpha value is -1.44. The minimum atomic E-state index is -1.01. The quantitative estimate of drug-likeness (QED) is 0.851. The molecule has 0 bridgehead atoms. The second kappa shape index (κ2) is 7.42. The molecule has 1 saturated heterocycles. The maximum Gasteiger partial charge on any atom is 0.329 e. The Labute approximate surface area is 138 Å². The van der Waals surface area contributed by atoms with Crippen LogP contribution in [0.4, 0.5) is 0 Å². The number of aliphatic carboxylic acids is 1. The van der Waals surface area contributed by atoms with Crippen molar-refractivity contribution >= 4 is 23.2 Å². The Morgan fingerprint density at radius 1 is 1.39 bits per heavy atom. The molecule has 0 spiro atoms. The second-order valence-electron chi connectivity index (χ2n) is 5.95. The molecule has 3 rings (SSSR count). The highest BCUT2D eigenvalue weighted by Crippen LogP contribution is 2.29. The number of aryl methyl sites for hydroxylation is 2. The first-order valence-electron chi connectivity index (χ1n) is 7.97. The van der Waals surface area contributed by atoms with Gasteiger partial charge in [0.1, 0.15) is 6.61 Å². The van der Waals surface area contributed by atoms with E-state index in [1.165, 1.54) is 23.3 Å². The van der Waals surface area contributed by atoms with Crippen molar-refractivity contribution in [2.24, 2.45) is 0 Å². The number of rotatable bonds is 5. The summed E-state index contributed by atoms with van der Waals surface area (Å²) in [6.07, 6.45) is 4.75. The Bertz CT molecular complexity index is 562. The van der Waals surface area contributed by atoms with Gasteiger partial charge in [-0.3, -0.25) is 4.79 Å². The van der Waals surface area contributed by atoms with Gasteiger partial charge in [-0.25, -0.2) is 4.79 Å². The minimum absolute atomic E-state index is 0.121. The van der Waals surface area contributed by atoms with Gasteiger partial charge in [-0.2, -0.15) is 0 Å². The van der Waals surface area contributed by atoms with E-state index in [2.05, 4.69) is 5.32 Å². The maximum absolute atomic E-state index is 12.5. The fourth-order valence-corrected chi connectivity index (χ4v) is 4.23. The SMILES string of the molecule is O=C(O)CO[C@@H]1CCOC[C@@H]1NC(=O)c1cc2c(s1)CCCC2. The number of carbonyl (C=O) groups is 2. The minimum Gasteiger partial charge on any atom is -0.480 e. The number of carbonyl (C=O) groups excluding carboxylic acids is 1. The van der Waals surface area contributed by atoms with Gasteiger partial charge in [0.25, 0.3) is 5.91 Å². The smallest absolute Gasteiger partial charge is 0.329 e. The molecular weight excluding hydrogens is 318 g/mol. The van der Waals surface area contributed by atoms with Crippen molar-refractivity contribution in [2.75, 3.05) is 19.8 Å². The zero-order valence-electron chi connectivity index (χ0n) is 12.9. The highest BCUT2D eigenvalue weighted by atomic mass is 32.1. The van der Waals surface area contributed by atoms with Crippen LogP contribution in [-0.2, 0) is 27.1 Å². The molecule has 2 aliphatic rings. The summed E-state index contributed by atoms with van der Waals surface area (Å²) in [5, 5.41) is 11.7. The van der Waals surface area contributed by atoms with Crippen LogP contribution in [0.5, 0.6) is 0 Å². The first-order valence-corrected chi connectivity index (χ1v) is 8.78. The van der Waals surface area contributed by atoms with E-state index in [9.17, 15) is 9.59 Å². The van der Waals surface area contributed by atoms with E-state index in [-0.39, 0.29) is 24.7 Å². The lowest BCUT2D eigenvalue weighted by molar-refractivity contribution is -0.147. The molecule has 1 aromatic heterocycles. The molecule has 1 aromatic rings. The number of hydrogen-bond donors (Lipinski definition) is 2. The topological polar surface area (TPSA) is 84.9 Å². The summed E-state index contributed by atoms with van der Waals surface area (Å²) >= 11 is 1.56. The van der Waals surface area contributed by atoms with Crippen LogP contribution in [-0.4, -0.2) is 48.9 Å². The third kappa shape index (κ3) is 4.10. The summed E-state index contributed by atoms with van der Waals surface area (Å²) in [5.74, 6) is -1.13. The van der Waals surface area contributed by atoms with Crippen LogP contribution in [0.25, 0.3) is 0 Å². The molecule has 1 aliphatic carbocycles. The molecule has 23 heavy (non-hydrogen) atoms. The number of thiophene rings is 1. The Balaban J connectivity index is 1.62. The molecule has 0 saturated carbocycles. The first kappa shape index (κ1) is 16.4. The molecule has 2 heterocycles. The lowest BCUT2D eigenvalue weighted by Crippen LogP contribution is -2.50. The van der Waals surface area contributed by atoms with Gasteiger partial charge in [-0.15, -0.1) is 11.3 Å². The molecule has 2 N–H and O–H groups in total. The fourth-order valence-electron chi connectivity index (χ4n) is 3.07. The van der Waals surface area contributed by atoms with Crippen LogP contribution in [0.2, 0.25) is 0 Å². The average Bonchev–Trinajstić information content (AvgIpc) is 2.98. The molecule has 1 fully saturated rings. The van der Waals surface area contributed by atoms with E-state index in [0.29, 0.717) is 19.6 Å². The van der Waals surface area contributed by atoms with Gasteiger partial charge in [0, 0.05) is 11.5 Å². The van der Waals surface area contributed by atoms with Crippen LogP contribution in [0.3, 0.4) is 0 Å². The summed E-state index contributed by atoms with van der Waals surface area (Å²) in [4.78, 5) is 25.2. The van der Waals surface area contributed by atoms with E-state index in [1.807, 2.05) is 6.07 Å². The highest BCUT2D eigenvalue weighted by molar-refractivity contribution is 7.14. The lowest BCUT2D eigenvalue weighted by atomic mass is 9.99. The zero-order chi connectivity index (χ0) is 16.2. The Morgan fingerprint density at radius 3 is 3.00 bits per heavy atom. The number of hydrogen-bond acceptors (Lipinski definition) is 5. The molecule has 2 atom stereocenters. The van der Waals surface area contributed by atoms with Crippen LogP contribution in [0.15, 0.2) is 6.07 Å². The maximum atomic E-state index is 12.5. The van der Waals surface area contributed by atoms with Gasteiger partial charge in [0.15, 0.2) is 0 Å². The summed E-state index contributed by atoms with van der Waals surface area (Å²) in [7, 11) is 0. The third-order valence-electron chi connectivity index (χ3n) is 4.25. The predicted octanol–water partition coefficient (Wildman–Crippen LogP) is 1.62. The molecule has 1 aliphatic heterocycles. The van der Waals surface area contributed by atoms with Crippen LogP contribution >= 0.6 is 11.3 Å². The highest BCUT2D eigenvalue weighted by Gasteiger charge is 2.29. The molecule has 0 aromatic carbocycles. The normalized spacial score (nSPS) is 24.0. The lowest BCUT2D eigenvalue weighted by Gasteiger charge is -2.31. The Morgan fingerprint density at radius 2 is 2.22 bits per heavy atom. The second-order valence-corrected chi connectivity index (χ2v) is 7.09. The number of fused-ring (bicyclic) bond motifs is 1. The summed E-state index contributed by atoms with van der Waals surface area (Å²) < 4.78 is 10.8. The fraction of sp³-hybridized carbons (Fsp3) is 0.625. The molecule has 7 heteroatoms. The van der Waals surface area contributed by atoms with Gasteiger partial charge in [0.05, 0.1) is 23.6 Å². The standard InChI is InChI=1S/C16H21NO5S/c18-15(19)9-22-12-5-6-21-8-11(12)17-16(20)14-7-10-3-1-2-4-13(10)23-14/h7,11-12H,1-6,8-9H2,(H,17,20)(H,18,19)/t11-,12+/m0/s1. The molecule has 1 amide bonds. The van der Waals surface area contributed by atoms with Crippen molar-refractivity contribution in [1.82, 2.24) is 5.32 Å². The van der Waals surface area contributed by atoms with E-state index >= 15 is 0 Å². The van der Waals surface area contributed by atoms with Gasteiger partial charge in [0.2, 0.25) is 0 Å². The van der Waals surface area contributed by atoms with Gasteiger partial charge >= 0.3 is 5.97 Å². The van der Waals surface area contributed by atoms with Crippen molar-refractivity contribution in [2.45, 2.75) is 44.2 Å². The van der Waals surface area contributed by atoms with E-state index in [4.69, 9.17) is 14.6 Å². The largest absolute Gasteiger partial charge is 0.480 e. The summed E-state index contributed by atoms with van der Waals surface area (Å²) in [6, 6.07) is 1.68. The van der Waals surface area contributed by atoms with Gasteiger partial charge < -0.3 is 19.9 Å². The molecule has 0 radical (unpaired) electrons. The number of nitrogens with one attached hydrogen (secondary N) is 1. The summed E-state index contributed by atoms with van der Waals surface area (Å²) in [5.41, 5.74) is 1.30. The van der Waals surface area contributed by atoms with Crippen molar-refractivity contribution in [3.63, 3.8) is 0 Å². The Kier molecular flexibility index (Phi) is 5.30. The van der Waals surface area contributed by atoms with E-state index < -0.39 is 5.97 Å². The van der Waals surface area contributed by atoms with Crippen LogP contribution < -0.4 is 5.32 Å². The first-order chi connectivity index (χ1) is 11.1. The number of ether oxygens (including phenoxy) is 2. The molecule has 6 nitrogen and oxygen atoms in total. The van der Waals surface area contributed by atoms with Crippen LogP contribution in [0.1, 0.15) is 39.4 Å². The monoisotopic (exact) mass is 339 g/mol. The third-order valence-corrected chi connectivity index (χ3v) is 5.49. The van der Waals surface area contributed by atoms with Crippen LogP contribution in [0, 0.1) is 0 Å². The number of carboxylic acid groups (broad SMARTS) is 1. The van der Waals surface area contributed by atoms with E-state index in [0.717, 1.165) is 17.7 Å². The summed E-state index contributed by atoms with van der Waals surface area (Å²) in [6.45, 7) is 0.509. The predicted molar refractivity (Wildman–Crippen MR) is 85.0 cm³/mol.